The Morgan fingerprint density at radius 1 is 1.50 bits per heavy atom. The van der Waals surface area contributed by atoms with Gasteiger partial charge in [0.25, 0.3) is 0 Å². The van der Waals surface area contributed by atoms with Gasteiger partial charge in [0.05, 0.1) is 6.61 Å². The molecule has 0 radical (unpaired) electrons. The molecule has 1 fully saturated rings. The maximum Gasteiger partial charge on any atom is 0.364 e. The van der Waals surface area contributed by atoms with Crippen LogP contribution in [-0.2, 0) is 19.2 Å². The van der Waals surface area contributed by atoms with E-state index >= 15 is 0 Å². The van der Waals surface area contributed by atoms with E-state index in [0.29, 0.717) is 0 Å². The van der Waals surface area contributed by atoms with Gasteiger partial charge >= 0.3 is 5.97 Å². The minimum Gasteiger partial charge on any atom is -0.461 e. The van der Waals surface area contributed by atoms with Crippen molar-refractivity contribution in [2.45, 2.75) is 26.4 Å². The summed E-state index contributed by atoms with van der Waals surface area (Å²) in [5, 5.41) is 3.60. The number of oxime groups is 1. The molecule has 90 valence electrons. The Kier molecular flexibility index (Phi) is 5.31. The predicted molar refractivity (Wildman–Crippen MR) is 61.6 cm³/mol. The van der Waals surface area contributed by atoms with Crippen molar-refractivity contribution in [2.24, 2.45) is 5.16 Å². The number of carbonyl (C=O) groups is 2. The summed E-state index contributed by atoms with van der Waals surface area (Å²) >= 11 is 1.77. The van der Waals surface area contributed by atoms with Gasteiger partial charge in [-0.05, 0) is 19.1 Å². The maximum absolute atomic E-state index is 11.3. The van der Waals surface area contributed by atoms with Gasteiger partial charge in [0.15, 0.2) is 5.78 Å². The largest absolute Gasteiger partial charge is 0.461 e. The lowest BCUT2D eigenvalue weighted by Crippen LogP contribution is -2.25. The third-order valence-electron chi connectivity index (χ3n) is 1.98. The standard InChI is InChI=1S/C10H15NO4S/c1-3-14-10(13)9(7(2)12)11-15-8-4-5-16-6-8/h8H,3-6H2,1-2H3/b11-9+. The van der Waals surface area contributed by atoms with Gasteiger partial charge in [-0.3, -0.25) is 4.79 Å². The molecule has 1 aliphatic heterocycles. The van der Waals surface area contributed by atoms with Crippen LogP contribution in [0.5, 0.6) is 0 Å². The smallest absolute Gasteiger partial charge is 0.364 e. The van der Waals surface area contributed by atoms with Gasteiger partial charge in [0.2, 0.25) is 5.71 Å². The summed E-state index contributed by atoms with van der Waals surface area (Å²) in [4.78, 5) is 27.6. The summed E-state index contributed by atoms with van der Waals surface area (Å²) < 4.78 is 4.70. The van der Waals surface area contributed by atoms with Crippen molar-refractivity contribution in [2.75, 3.05) is 18.1 Å². The van der Waals surface area contributed by atoms with Crippen molar-refractivity contribution in [3.8, 4) is 0 Å². The van der Waals surface area contributed by atoms with Crippen LogP contribution in [0, 0.1) is 0 Å². The zero-order valence-electron chi connectivity index (χ0n) is 9.39. The molecule has 1 aliphatic rings. The first-order chi connectivity index (χ1) is 7.65. The Balaban J connectivity index is 2.57. The summed E-state index contributed by atoms with van der Waals surface area (Å²) in [7, 11) is 0. The first-order valence-electron chi connectivity index (χ1n) is 5.14. The van der Waals surface area contributed by atoms with Gasteiger partial charge in [-0.2, -0.15) is 11.8 Å². The molecular weight excluding hydrogens is 230 g/mol. The van der Waals surface area contributed by atoms with E-state index < -0.39 is 11.8 Å². The summed E-state index contributed by atoms with van der Waals surface area (Å²) in [5.41, 5.74) is -0.265. The van der Waals surface area contributed by atoms with Gasteiger partial charge in [-0.15, -0.1) is 0 Å². The Morgan fingerprint density at radius 2 is 2.25 bits per heavy atom. The molecule has 1 unspecified atom stereocenters. The molecule has 0 aromatic rings. The number of carbonyl (C=O) groups excluding carboxylic acids is 2. The van der Waals surface area contributed by atoms with Crippen molar-refractivity contribution < 1.29 is 19.2 Å². The highest BCUT2D eigenvalue weighted by atomic mass is 32.2. The van der Waals surface area contributed by atoms with Crippen molar-refractivity contribution in [3.05, 3.63) is 0 Å². The van der Waals surface area contributed by atoms with E-state index in [9.17, 15) is 9.59 Å². The average molecular weight is 245 g/mol. The van der Waals surface area contributed by atoms with E-state index in [2.05, 4.69) is 5.16 Å². The number of hydrogen-bond donors (Lipinski definition) is 0. The molecule has 0 aliphatic carbocycles. The predicted octanol–water partition coefficient (Wildman–Crippen LogP) is 1.02. The topological polar surface area (TPSA) is 65.0 Å². The number of rotatable bonds is 5. The summed E-state index contributed by atoms with van der Waals surface area (Å²) in [6.07, 6.45) is 0.885. The van der Waals surface area contributed by atoms with Gasteiger partial charge in [0, 0.05) is 12.7 Å². The fraction of sp³-hybridized carbons (Fsp3) is 0.700. The molecule has 16 heavy (non-hydrogen) atoms. The lowest BCUT2D eigenvalue weighted by atomic mass is 10.3. The Morgan fingerprint density at radius 3 is 2.75 bits per heavy atom. The number of nitrogens with zero attached hydrogens (tertiary/aromatic N) is 1. The fourth-order valence-corrected chi connectivity index (χ4v) is 2.25. The highest BCUT2D eigenvalue weighted by molar-refractivity contribution is 7.99. The van der Waals surface area contributed by atoms with Crippen LogP contribution in [0.4, 0.5) is 0 Å². The summed E-state index contributed by atoms with van der Waals surface area (Å²) in [5.74, 6) is 0.705. The van der Waals surface area contributed by atoms with Gasteiger partial charge in [0.1, 0.15) is 6.10 Å². The first-order valence-corrected chi connectivity index (χ1v) is 6.30. The van der Waals surface area contributed by atoms with E-state index in [1.54, 1.807) is 18.7 Å². The SMILES string of the molecule is CCOC(=O)/C(=N/OC1CCSC1)C(C)=O. The van der Waals surface area contributed by atoms with E-state index in [1.165, 1.54) is 6.92 Å². The number of ketones is 1. The molecule has 5 nitrogen and oxygen atoms in total. The van der Waals surface area contributed by atoms with Crippen LogP contribution in [0.2, 0.25) is 0 Å². The van der Waals surface area contributed by atoms with Crippen LogP contribution in [0.3, 0.4) is 0 Å². The molecule has 1 atom stereocenters. The second-order valence-electron chi connectivity index (χ2n) is 3.31. The third-order valence-corrected chi connectivity index (χ3v) is 3.12. The van der Waals surface area contributed by atoms with Crippen LogP contribution in [0.15, 0.2) is 5.16 Å². The number of ether oxygens (including phenoxy) is 1. The van der Waals surface area contributed by atoms with Gasteiger partial charge in [-0.25, -0.2) is 4.79 Å². The van der Waals surface area contributed by atoms with Crippen LogP contribution >= 0.6 is 11.8 Å². The molecule has 1 rings (SSSR count). The minimum absolute atomic E-state index is 0.00576. The highest BCUT2D eigenvalue weighted by Crippen LogP contribution is 2.20. The van der Waals surface area contributed by atoms with Crippen LogP contribution in [0.1, 0.15) is 20.3 Å². The maximum atomic E-state index is 11.3. The summed E-state index contributed by atoms with van der Waals surface area (Å²) in [6.45, 7) is 3.15. The van der Waals surface area contributed by atoms with Crippen molar-refractivity contribution >= 4 is 29.2 Å². The molecular formula is C10H15NO4S. The molecule has 0 aromatic heterocycles. The molecule has 0 N–H and O–H groups in total. The van der Waals surface area contributed by atoms with Crippen LogP contribution < -0.4 is 0 Å². The molecule has 1 saturated heterocycles. The first kappa shape index (κ1) is 13.0. The fourth-order valence-electron chi connectivity index (χ4n) is 1.17. The van der Waals surface area contributed by atoms with Crippen LogP contribution in [-0.4, -0.2) is 41.7 Å². The lowest BCUT2D eigenvalue weighted by molar-refractivity contribution is -0.136. The van der Waals surface area contributed by atoms with Crippen molar-refractivity contribution in [1.82, 2.24) is 0 Å². The van der Waals surface area contributed by atoms with E-state index in [1.807, 2.05) is 0 Å². The zero-order valence-corrected chi connectivity index (χ0v) is 10.2. The highest BCUT2D eigenvalue weighted by Gasteiger charge is 2.21. The number of esters is 1. The average Bonchev–Trinajstić information content (AvgIpc) is 2.70. The zero-order chi connectivity index (χ0) is 12.0. The van der Waals surface area contributed by atoms with Gasteiger partial charge < -0.3 is 9.57 Å². The minimum atomic E-state index is -0.722. The quantitative estimate of drug-likeness (QED) is 0.313. The molecule has 6 heteroatoms. The lowest BCUT2D eigenvalue weighted by Gasteiger charge is -2.07. The van der Waals surface area contributed by atoms with E-state index in [4.69, 9.17) is 9.57 Å². The molecule has 1 heterocycles. The second-order valence-corrected chi connectivity index (χ2v) is 4.46. The normalized spacial score (nSPS) is 20.6. The number of hydrogen-bond acceptors (Lipinski definition) is 6. The summed E-state index contributed by atoms with van der Waals surface area (Å²) in [6, 6.07) is 0. The third kappa shape index (κ3) is 3.84. The van der Waals surface area contributed by atoms with Gasteiger partial charge in [-0.1, -0.05) is 5.16 Å². The second kappa shape index (κ2) is 6.52. The molecule has 0 aromatic carbocycles. The molecule has 0 amide bonds. The van der Waals surface area contributed by atoms with E-state index in [-0.39, 0.29) is 18.4 Å². The molecule has 0 bridgehead atoms. The van der Waals surface area contributed by atoms with Crippen molar-refractivity contribution in [1.29, 1.82) is 0 Å². The number of thioether (sulfide) groups is 1. The van der Waals surface area contributed by atoms with E-state index in [0.717, 1.165) is 17.9 Å². The van der Waals surface area contributed by atoms with Crippen LogP contribution in [0.25, 0.3) is 0 Å². The van der Waals surface area contributed by atoms with Crippen molar-refractivity contribution in [3.63, 3.8) is 0 Å². The Bertz CT molecular complexity index is 297. The monoisotopic (exact) mass is 245 g/mol. The Labute approximate surface area is 98.5 Å². The number of Topliss-reactive ketones (excluding diaryl/α,β-unsaturated/α-hetero) is 1. The Hall–Kier alpha value is -1.04. The molecule has 0 spiro atoms. The molecule has 0 saturated carbocycles.